The first kappa shape index (κ1) is 21.0. The van der Waals surface area contributed by atoms with Crippen LogP contribution in [0.4, 0.5) is 5.69 Å². The molecule has 0 bridgehead atoms. The van der Waals surface area contributed by atoms with E-state index < -0.39 is 6.10 Å². The van der Waals surface area contributed by atoms with Gasteiger partial charge in [0.25, 0.3) is 5.91 Å². The third-order valence-electron chi connectivity index (χ3n) is 4.65. The number of nitrogens with one attached hydrogen (secondary N) is 1. The number of aryl methyl sites for hydroxylation is 2. The van der Waals surface area contributed by atoms with E-state index >= 15 is 0 Å². The van der Waals surface area contributed by atoms with Gasteiger partial charge in [-0.1, -0.05) is 49.4 Å². The van der Waals surface area contributed by atoms with Crippen LogP contribution >= 0.6 is 11.8 Å². The number of hydrogen-bond donors (Lipinski definition) is 1. The molecule has 1 N–H and O–H groups in total. The van der Waals surface area contributed by atoms with Crippen molar-refractivity contribution in [2.45, 2.75) is 43.9 Å². The third kappa shape index (κ3) is 6.13. The fraction of sp³-hybridized carbons (Fsp3) is 0.240. The minimum Gasteiger partial charge on any atom is -0.480 e. The van der Waals surface area contributed by atoms with Gasteiger partial charge in [0, 0.05) is 16.3 Å². The average Bonchev–Trinajstić information content (AvgIpc) is 2.74. The van der Waals surface area contributed by atoms with Gasteiger partial charge in [-0.2, -0.15) is 0 Å². The minimum atomic E-state index is -0.524. The molecule has 0 fully saturated rings. The van der Waals surface area contributed by atoms with Gasteiger partial charge in [-0.3, -0.25) is 4.79 Å². The van der Waals surface area contributed by atoms with Crippen molar-refractivity contribution in [1.29, 1.82) is 0 Å². The molecule has 0 saturated heterocycles. The van der Waals surface area contributed by atoms with Crippen LogP contribution in [0, 0.1) is 13.8 Å². The Kier molecular flexibility index (Phi) is 7.36. The van der Waals surface area contributed by atoms with Crippen molar-refractivity contribution in [3.8, 4) is 5.75 Å². The maximum atomic E-state index is 12.7. The van der Waals surface area contributed by atoms with E-state index in [4.69, 9.17) is 4.74 Å². The maximum absolute atomic E-state index is 12.7. The van der Waals surface area contributed by atoms with E-state index in [1.54, 1.807) is 11.8 Å². The Balaban J connectivity index is 1.58. The molecule has 0 aliphatic carbocycles. The predicted molar refractivity (Wildman–Crippen MR) is 122 cm³/mol. The standard InChI is InChI=1S/C25H27NO2S/c1-4-23(28-24-16-18(2)10-11-19(24)3)25(27)26-21-14-12-20(13-15-21)17-29-22-8-6-5-7-9-22/h5-16,23H,4,17H2,1-3H3,(H,26,27). The molecule has 1 unspecified atom stereocenters. The number of hydrogen-bond acceptors (Lipinski definition) is 3. The normalized spacial score (nSPS) is 11.7. The molecule has 0 radical (unpaired) electrons. The second-order valence-electron chi connectivity index (χ2n) is 7.07. The Morgan fingerprint density at radius 2 is 1.72 bits per heavy atom. The molecule has 1 atom stereocenters. The molecule has 0 aliphatic rings. The zero-order valence-corrected chi connectivity index (χ0v) is 18.0. The highest BCUT2D eigenvalue weighted by Gasteiger charge is 2.19. The summed E-state index contributed by atoms with van der Waals surface area (Å²) in [6.45, 7) is 5.97. The molecule has 0 heterocycles. The molecule has 0 spiro atoms. The summed E-state index contributed by atoms with van der Waals surface area (Å²) in [5.41, 5.74) is 4.15. The van der Waals surface area contributed by atoms with E-state index in [2.05, 4.69) is 29.6 Å². The first-order valence-electron chi connectivity index (χ1n) is 9.86. The van der Waals surface area contributed by atoms with Crippen molar-refractivity contribution in [3.63, 3.8) is 0 Å². The fourth-order valence-electron chi connectivity index (χ4n) is 2.90. The monoisotopic (exact) mass is 405 g/mol. The number of anilines is 1. The third-order valence-corrected chi connectivity index (χ3v) is 5.73. The molecule has 3 aromatic rings. The van der Waals surface area contributed by atoms with E-state index in [1.165, 1.54) is 10.5 Å². The van der Waals surface area contributed by atoms with Crippen molar-refractivity contribution < 1.29 is 9.53 Å². The average molecular weight is 406 g/mol. The highest BCUT2D eigenvalue weighted by molar-refractivity contribution is 7.98. The second kappa shape index (κ2) is 10.2. The molecule has 1 amide bonds. The van der Waals surface area contributed by atoms with Crippen LogP contribution in [0.25, 0.3) is 0 Å². The van der Waals surface area contributed by atoms with Crippen LogP contribution < -0.4 is 10.1 Å². The summed E-state index contributed by atoms with van der Waals surface area (Å²) in [5, 5.41) is 2.98. The molecule has 0 aliphatic heterocycles. The summed E-state index contributed by atoms with van der Waals surface area (Å²) >= 11 is 1.80. The van der Waals surface area contributed by atoms with Gasteiger partial charge >= 0.3 is 0 Å². The first-order valence-corrected chi connectivity index (χ1v) is 10.9. The number of ether oxygens (including phenoxy) is 1. The molecule has 0 saturated carbocycles. The van der Waals surface area contributed by atoms with Crippen molar-refractivity contribution >= 4 is 23.4 Å². The summed E-state index contributed by atoms with van der Waals surface area (Å²) in [7, 11) is 0. The highest BCUT2D eigenvalue weighted by atomic mass is 32.2. The minimum absolute atomic E-state index is 0.125. The van der Waals surface area contributed by atoms with Crippen LogP contribution in [-0.2, 0) is 10.5 Å². The number of carbonyl (C=O) groups excluding carboxylic acids is 1. The predicted octanol–water partition coefficient (Wildman–Crippen LogP) is 6.39. The zero-order chi connectivity index (χ0) is 20.6. The van der Waals surface area contributed by atoms with Crippen LogP contribution in [0.1, 0.15) is 30.0 Å². The van der Waals surface area contributed by atoms with Crippen molar-refractivity contribution in [3.05, 3.63) is 89.5 Å². The van der Waals surface area contributed by atoms with E-state index in [-0.39, 0.29) is 5.91 Å². The summed E-state index contributed by atoms with van der Waals surface area (Å²) in [4.78, 5) is 13.9. The lowest BCUT2D eigenvalue weighted by Crippen LogP contribution is -2.32. The first-order chi connectivity index (χ1) is 14.0. The van der Waals surface area contributed by atoms with Crippen LogP contribution in [0.5, 0.6) is 5.75 Å². The van der Waals surface area contributed by atoms with Crippen LogP contribution in [0.15, 0.2) is 77.7 Å². The molecule has 3 rings (SSSR count). The van der Waals surface area contributed by atoms with Gasteiger partial charge in [-0.25, -0.2) is 0 Å². The number of benzene rings is 3. The van der Waals surface area contributed by atoms with Gasteiger partial charge in [0.1, 0.15) is 5.75 Å². The smallest absolute Gasteiger partial charge is 0.265 e. The zero-order valence-electron chi connectivity index (χ0n) is 17.1. The molecule has 0 aromatic heterocycles. The van der Waals surface area contributed by atoms with Gasteiger partial charge in [-0.05, 0) is 67.3 Å². The lowest BCUT2D eigenvalue weighted by Gasteiger charge is -2.19. The van der Waals surface area contributed by atoms with Gasteiger partial charge in [-0.15, -0.1) is 11.8 Å². The van der Waals surface area contributed by atoms with Crippen LogP contribution in [0.2, 0.25) is 0 Å². The largest absolute Gasteiger partial charge is 0.480 e. The SMILES string of the molecule is CCC(Oc1cc(C)ccc1C)C(=O)Nc1ccc(CSc2ccccc2)cc1. The van der Waals surface area contributed by atoms with Gasteiger partial charge in [0.2, 0.25) is 0 Å². The summed E-state index contributed by atoms with van der Waals surface area (Å²) in [6.07, 6.45) is 0.0779. The number of amides is 1. The lowest BCUT2D eigenvalue weighted by molar-refractivity contribution is -0.122. The quantitative estimate of drug-likeness (QED) is 0.441. The van der Waals surface area contributed by atoms with E-state index in [1.807, 2.05) is 69.3 Å². The van der Waals surface area contributed by atoms with Gasteiger partial charge < -0.3 is 10.1 Å². The Labute approximate surface area is 177 Å². The van der Waals surface area contributed by atoms with Crippen molar-refractivity contribution in [2.75, 3.05) is 5.32 Å². The lowest BCUT2D eigenvalue weighted by atomic mass is 10.1. The highest BCUT2D eigenvalue weighted by Crippen LogP contribution is 2.24. The molecular weight excluding hydrogens is 378 g/mol. The van der Waals surface area contributed by atoms with Gasteiger partial charge in [0.15, 0.2) is 6.10 Å². The summed E-state index contributed by atoms with van der Waals surface area (Å²) < 4.78 is 6.01. The van der Waals surface area contributed by atoms with Crippen molar-refractivity contribution in [2.24, 2.45) is 0 Å². The van der Waals surface area contributed by atoms with E-state index in [0.29, 0.717) is 6.42 Å². The molecule has 150 valence electrons. The second-order valence-corrected chi connectivity index (χ2v) is 8.12. The Morgan fingerprint density at radius 1 is 1.00 bits per heavy atom. The molecule has 3 aromatic carbocycles. The summed E-state index contributed by atoms with van der Waals surface area (Å²) in [5.74, 6) is 1.53. The number of thioether (sulfide) groups is 1. The number of carbonyl (C=O) groups is 1. The maximum Gasteiger partial charge on any atom is 0.265 e. The van der Waals surface area contributed by atoms with Crippen molar-refractivity contribution in [1.82, 2.24) is 0 Å². The molecule has 4 heteroatoms. The van der Waals surface area contributed by atoms with E-state index in [0.717, 1.165) is 28.3 Å². The fourth-order valence-corrected chi connectivity index (χ4v) is 3.78. The van der Waals surface area contributed by atoms with Crippen LogP contribution in [0.3, 0.4) is 0 Å². The molecule has 3 nitrogen and oxygen atoms in total. The summed E-state index contributed by atoms with van der Waals surface area (Å²) in [6, 6.07) is 24.4. The van der Waals surface area contributed by atoms with Crippen LogP contribution in [-0.4, -0.2) is 12.0 Å². The van der Waals surface area contributed by atoms with E-state index in [9.17, 15) is 4.79 Å². The Bertz CT molecular complexity index is 939. The molecule has 29 heavy (non-hydrogen) atoms. The molecular formula is C25H27NO2S. The Hall–Kier alpha value is -2.72. The topological polar surface area (TPSA) is 38.3 Å². The number of rotatable bonds is 8. The Morgan fingerprint density at radius 3 is 2.41 bits per heavy atom. The van der Waals surface area contributed by atoms with Gasteiger partial charge in [0.05, 0.1) is 0 Å².